The van der Waals surface area contributed by atoms with Crippen LogP contribution in [0.25, 0.3) is 0 Å². The average Bonchev–Trinajstić information content (AvgIpc) is 2.17. The highest BCUT2D eigenvalue weighted by Gasteiger charge is 1.99. The van der Waals surface area contributed by atoms with Gasteiger partial charge in [0.15, 0.2) is 0 Å². The van der Waals surface area contributed by atoms with Gasteiger partial charge in [-0.1, -0.05) is 44.2 Å². The molecule has 0 nitrogen and oxygen atoms in total. The summed E-state index contributed by atoms with van der Waals surface area (Å²) in [6.45, 7) is 8.14. The van der Waals surface area contributed by atoms with Crippen LogP contribution in [0.15, 0.2) is 36.9 Å². The molecule has 0 saturated carbocycles. The molecule has 0 aromatic heterocycles. The van der Waals surface area contributed by atoms with Gasteiger partial charge >= 0.3 is 0 Å². The molecule has 0 heteroatoms. The topological polar surface area (TPSA) is 0 Å². The molecule has 0 amide bonds. The van der Waals surface area contributed by atoms with Crippen molar-refractivity contribution in [2.75, 3.05) is 0 Å². The molecule has 0 aliphatic carbocycles. The van der Waals surface area contributed by atoms with Gasteiger partial charge in [0.2, 0.25) is 0 Å². The van der Waals surface area contributed by atoms with Gasteiger partial charge in [-0.3, -0.25) is 0 Å². The lowest BCUT2D eigenvalue weighted by atomic mass is 9.99. The number of hydrogen-bond acceptors (Lipinski definition) is 0. The van der Waals surface area contributed by atoms with Crippen molar-refractivity contribution < 1.29 is 0 Å². The van der Waals surface area contributed by atoms with Gasteiger partial charge in [0.1, 0.15) is 0 Å². The molecule has 0 N–H and O–H groups in total. The maximum Gasteiger partial charge on any atom is -0.00130 e. The lowest BCUT2D eigenvalue weighted by Gasteiger charge is -2.07. The van der Waals surface area contributed by atoms with E-state index in [0.717, 1.165) is 6.42 Å². The van der Waals surface area contributed by atoms with Crippen molar-refractivity contribution in [1.29, 1.82) is 0 Å². The van der Waals surface area contributed by atoms with Crippen LogP contribution in [0.1, 0.15) is 30.9 Å². The Morgan fingerprint density at radius 3 is 2.83 bits per heavy atom. The Labute approximate surface area is 74.9 Å². The van der Waals surface area contributed by atoms with E-state index in [0.29, 0.717) is 5.92 Å². The molecule has 1 aromatic carbocycles. The Morgan fingerprint density at radius 1 is 1.50 bits per heavy atom. The van der Waals surface area contributed by atoms with E-state index in [4.69, 9.17) is 0 Å². The second-order valence-corrected chi connectivity index (χ2v) is 3.12. The molecule has 0 radical (unpaired) electrons. The molecule has 1 atom stereocenters. The smallest absolute Gasteiger partial charge is 0.00130 e. The number of hydrogen-bond donors (Lipinski definition) is 0. The fourth-order valence-electron chi connectivity index (χ4n) is 1.23. The summed E-state index contributed by atoms with van der Waals surface area (Å²) in [5.41, 5.74) is 2.77. The van der Waals surface area contributed by atoms with E-state index >= 15 is 0 Å². The monoisotopic (exact) mass is 160 g/mol. The molecule has 0 fully saturated rings. The van der Waals surface area contributed by atoms with Gasteiger partial charge in [-0.25, -0.2) is 0 Å². The lowest BCUT2D eigenvalue weighted by Crippen LogP contribution is -1.90. The summed E-state index contributed by atoms with van der Waals surface area (Å²) in [6.07, 6.45) is 3.09. The van der Waals surface area contributed by atoms with Crippen LogP contribution in [0.4, 0.5) is 0 Å². The predicted octanol–water partition coefficient (Wildman–Crippen LogP) is 3.54. The Bertz CT molecular complexity index is 260. The highest BCUT2D eigenvalue weighted by atomic mass is 14.0. The van der Waals surface area contributed by atoms with Gasteiger partial charge in [0.05, 0.1) is 0 Å². The third-order valence-corrected chi connectivity index (χ3v) is 2.24. The third-order valence-electron chi connectivity index (χ3n) is 2.24. The van der Waals surface area contributed by atoms with Gasteiger partial charge in [-0.2, -0.15) is 0 Å². The molecule has 0 aliphatic heterocycles. The Morgan fingerprint density at radius 2 is 2.25 bits per heavy atom. The summed E-state index contributed by atoms with van der Waals surface area (Å²) >= 11 is 0. The molecule has 0 aliphatic rings. The van der Waals surface area contributed by atoms with Gasteiger partial charge in [-0.15, -0.1) is 6.58 Å². The van der Waals surface area contributed by atoms with Crippen LogP contribution in [0, 0.1) is 0 Å². The summed E-state index contributed by atoms with van der Waals surface area (Å²) in [5, 5.41) is 0. The zero-order chi connectivity index (χ0) is 8.97. The maximum atomic E-state index is 3.79. The van der Waals surface area contributed by atoms with E-state index in [1.54, 1.807) is 0 Å². The largest absolute Gasteiger partial charge is 0.102 e. The van der Waals surface area contributed by atoms with E-state index < -0.39 is 0 Å². The van der Waals surface area contributed by atoms with Crippen molar-refractivity contribution in [1.82, 2.24) is 0 Å². The highest BCUT2D eigenvalue weighted by Crippen LogP contribution is 2.17. The second kappa shape index (κ2) is 4.10. The summed E-state index contributed by atoms with van der Waals surface area (Å²) in [4.78, 5) is 0. The molecular formula is C12H16. The number of benzene rings is 1. The summed E-state index contributed by atoms with van der Waals surface area (Å²) in [7, 11) is 0. The summed E-state index contributed by atoms with van der Waals surface area (Å²) in [6, 6.07) is 8.70. The molecule has 1 rings (SSSR count). The average molecular weight is 160 g/mol. The normalized spacial score (nSPS) is 12.5. The first-order chi connectivity index (χ1) is 5.77. The minimum atomic E-state index is 0.469. The zero-order valence-corrected chi connectivity index (χ0v) is 7.88. The zero-order valence-electron chi connectivity index (χ0n) is 7.88. The first-order valence-corrected chi connectivity index (χ1v) is 4.49. The number of rotatable bonds is 3. The third kappa shape index (κ3) is 1.97. The Hall–Kier alpha value is -1.04. The molecule has 1 unspecified atom stereocenters. The minimum absolute atomic E-state index is 0.469. The van der Waals surface area contributed by atoms with Gasteiger partial charge < -0.3 is 0 Å². The molecule has 0 bridgehead atoms. The van der Waals surface area contributed by atoms with Crippen LogP contribution >= 0.6 is 0 Å². The van der Waals surface area contributed by atoms with Crippen LogP contribution in [0.3, 0.4) is 0 Å². The van der Waals surface area contributed by atoms with Gasteiger partial charge in [0.25, 0.3) is 0 Å². The van der Waals surface area contributed by atoms with E-state index in [2.05, 4.69) is 44.7 Å². The lowest BCUT2D eigenvalue weighted by molar-refractivity contribution is 0.961. The molecule has 64 valence electrons. The molecule has 0 saturated heterocycles. The summed E-state index contributed by atoms with van der Waals surface area (Å²) in [5.74, 6) is 0.469. The van der Waals surface area contributed by atoms with Crippen LogP contribution in [0.5, 0.6) is 0 Å². The molecular weight excluding hydrogens is 144 g/mol. The fourth-order valence-corrected chi connectivity index (χ4v) is 1.23. The standard InChI is InChI=1S/C12H16/c1-4-10(3)12-8-6-7-11(5-2)9-12/h4,6-10H,1,5H2,2-3H3. The van der Waals surface area contributed by atoms with Crippen molar-refractivity contribution >= 4 is 0 Å². The van der Waals surface area contributed by atoms with Crippen molar-refractivity contribution in [3.8, 4) is 0 Å². The molecule has 1 aromatic rings. The fraction of sp³-hybridized carbons (Fsp3) is 0.333. The van der Waals surface area contributed by atoms with E-state index in [-0.39, 0.29) is 0 Å². The predicted molar refractivity (Wildman–Crippen MR) is 54.4 cm³/mol. The van der Waals surface area contributed by atoms with E-state index in [1.807, 2.05) is 6.08 Å². The van der Waals surface area contributed by atoms with Crippen LogP contribution in [-0.4, -0.2) is 0 Å². The Kier molecular flexibility index (Phi) is 3.09. The Balaban J connectivity index is 2.93. The minimum Gasteiger partial charge on any atom is -0.102 e. The van der Waals surface area contributed by atoms with E-state index in [1.165, 1.54) is 11.1 Å². The quantitative estimate of drug-likeness (QED) is 0.593. The van der Waals surface area contributed by atoms with Crippen LogP contribution < -0.4 is 0 Å². The number of allylic oxidation sites excluding steroid dienone is 1. The SMILES string of the molecule is C=CC(C)c1cccc(CC)c1. The van der Waals surface area contributed by atoms with Gasteiger partial charge in [0, 0.05) is 0 Å². The van der Waals surface area contributed by atoms with Crippen molar-refractivity contribution in [2.24, 2.45) is 0 Å². The van der Waals surface area contributed by atoms with E-state index in [9.17, 15) is 0 Å². The van der Waals surface area contributed by atoms with Gasteiger partial charge in [-0.05, 0) is 23.5 Å². The molecule has 0 spiro atoms. The van der Waals surface area contributed by atoms with Crippen molar-refractivity contribution in [3.63, 3.8) is 0 Å². The van der Waals surface area contributed by atoms with Crippen LogP contribution in [0.2, 0.25) is 0 Å². The number of aryl methyl sites for hydroxylation is 1. The maximum absolute atomic E-state index is 3.79. The first kappa shape index (κ1) is 9.05. The second-order valence-electron chi connectivity index (χ2n) is 3.12. The summed E-state index contributed by atoms with van der Waals surface area (Å²) < 4.78 is 0. The highest BCUT2D eigenvalue weighted by molar-refractivity contribution is 5.28. The molecule has 12 heavy (non-hydrogen) atoms. The van der Waals surface area contributed by atoms with Crippen molar-refractivity contribution in [2.45, 2.75) is 26.2 Å². The van der Waals surface area contributed by atoms with Crippen molar-refractivity contribution in [3.05, 3.63) is 48.0 Å². The molecule has 0 heterocycles. The first-order valence-electron chi connectivity index (χ1n) is 4.49. The van der Waals surface area contributed by atoms with Crippen LogP contribution in [-0.2, 0) is 6.42 Å².